The summed E-state index contributed by atoms with van der Waals surface area (Å²) in [6.07, 6.45) is 3.58. The van der Waals surface area contributed by atoms with Crippen molar-refractivity contribution in [3.63, 3.8) is 0 Å². The Morgan fingerprint density at radius 2 is 1.88 bits per heavy atom. The van der Waals surface area contributed by atoms with Crippen LogP contribution in [0.4, 0.5) is 5.82 Å². The van der Waals surface area contributed by atoms with E-state index in [0.717, 1.165) is 41.1 Å². The molecular weight excluding hydrogens is 326 g/mol. The van der Waals surface area contributed by atoms with E-state index in [0.29, 0.717) is 5.82 Å². The maximum Gasteiger partial charge on any atom is 0.228 e. The Balaban J connectivity index is 2.10. The number of anilines is 1. The molecule has 0 aliphatic rings. The largest absolute Gasteiger partial charge is 0.497 e. The lowest BCUT2D eigenvalue weighted by Crippen LogP contribution is -2.22. The van der Waals surface area contributed by atoms with Crippen LogP contribution in [0, 0.1) is 12.8 Å². The van der Waals surface area contributed by atoms with E-state index in [1.54, 1.807) is 7.11 Å². The predicted octanol–water partition coefficient (Wildman–Crippen LogP) is 4.69. The lowest BCUT2D eigenvalue weighted by molar-refractivity contribution is -0.120. The Labute approximate surface area is 154 Å². The first kappa shape index (κ1) is 18.0. The first-order valence-electron chi connectivity index (χ1n) is 9.01. The third kappa shape index (κ3) is 3.43. The van der Waals surface area contributed by atoms with E-state index in [2.05, 4.69) is 5.32 Å². The molecule has 1 amide bonds. The molecule has 0 saturated carbocycles. The molecule has 0 atom stereocenters. The van der Waals surface area contributed by atoms with Gasteiger partial charge < -0.3 is 10.1 Å². The third-order valence-electron chi connectivity index (χ3n) is 4.74. The molecule has 0 aliphatic carbocycles. The molecule has 0 fully saturated rings. The molecule has 0 radical (unpaired) electrons. The second-order valence-electron chi connectivity index (χ2n) is 6.47. The van der Waals surface area contributed by atoms with Crippen LogP contribution in [-0.4, -0.2) is 22.4 Å². The monoisotopic (exact) mass is 351 g/mol. The number of aromatic nitrogens is 2. The van der Waals surface area contributed by atoms with Gasteiger partial charge in [-0.05, 0) is 61.7 Å². The van der Waals surface area contributed by atoms with Crippen LogP contribution in [0.25, 0.3) is 16.9 Å². The summed E-state index contributed by atoms with van der Waals surface area (Å²) in [4.78, 5) is 17.5. The topological polar surface area (TPSA) is 55.6 Å². The first-order valence-corrected chi connectivity index (χ1v) is 9.01. The summed E-state index contributed by atoms with van der Waals surface area (Å²) in [5.74, 6) is 1.53. The number of methoxy groups -OCH3 is 1. The van der Waals surface area contributed by atoms with Crippen molar-refractivity contribution < 1.29 is 9.53 Å². The fourth-order valence-electron chi connectivity index (χ4n) is 3.09. The van der Waals surface area contributed by atoms with E-state index in [4.69, 9.17) is 9.72 Å². The quantitative estimate of drug-likeness (QED) is 0.701. The molecule has 2 aromatic heterocycles. The van der Waals surface area contributed by atoms with E-state index in [1.807, 2.05) is 67.8 Å². The zero-order valence-electron chi connectivity index (χ0n) is 15.7. The molecule has 0 saturated heterocycles. The molecule has 0 unspecified atom stereocenters. The Kier molecular flexibility index (Phi) is 5.26. The molecule has 5 heteroatoms. The van der Waals surface area contributed by atoms with Crippen LogP contribution in [-0.2, 0) is 4.79 Å². The Morgan fingerprint density at radius 3 is 2.50 bits per heavy atom. The van der Waals surface area contributed by atoms with Gasteiger partial charge in [-0.1, -0.05) is 13.8 Å². The molecule has 2 heterocycles. The summed E-state index contributed by atoms with van der Waals surface area (Å²) in [7, 11) is 1.64. The van der Waals surface area contributed by atoms with Crippen molar-refractivity contribution in [2.45, 2.75) is 33.6 Å². The van der Waals surface area contributed by atoms with Crippen LogP contribution in [0.2, 0.25) is 0 Å². The van der Waals surface area contributed by atoms with E-state index in [1.165, 1.54) is 0 Å². The van der Waals surface area contributed by atoms with Gasteiger partial charge in [0.25, 0.3) is 0 Å². The highest BCUT2D eigenvalue weighted by molar-refractivity contribution is 5.96. The number of pyridine rings is 1. The summed E-state index contributed by atoms with van der Waals surface area (Å²) >= 11 is 0. The van der Waals surface area contributed by atoms with Gasteiger partial charge in [0.05, 0.1) is 7.11 Å². The summed E-state index contributed by atoms with van der Waals surface area (Å²) in [5, 5.41) is 3.11. The normalized spacial score (nSPS) is 11.1. The van der Waals surface area contributed by atoms with Crippen molar-refractivity contribution in [1.29, 1.82) is 0 Å². The van der Waals surface area contributed by atoms with Crippen LogP contribution in [0.1, 0.15) is 32.3 Å². The van der Waals surface area contributed by atoms with Crippen LogP contribution in [0.5, 0.6) is 5.75 Å². The van der Waals surface area contributed by atoms with Crippen LogP contribution >= 0.6 is 0 Å². The molecule has 0 spiro atoms. The van der Waals surface area contributed by atoms with Gasteiger partial charge in [-0.2, -0.15) is 0 Å². The Hall–Kier alpha value is -2.82. The molecule has 0 bridgehead atoms. The predicted molar refractivity (Wildman–Crippen MR) is 105 cm³/mol. The van der Waals surface area contributed by atoms with Gasteiger partial charge in [-0.3, -0.25) is 9.20 Å². The number of carbonyl (C=O) groups excluding carboxylic acids is 1. The van der Waals surface area contributed by atoms with Crippen molar-refractivity contribution in [3.8, 4) is 17.0 Å². The summed E-state index contributed by atoms with van der Waals surface area (Å²) in [6, 6.07) is 11.7. The van der Waals surface area contributed by atoms with Gasteiger partial charge in [-0.15, -0.1) is 0 Å². The van der Waals surface area contributed by atoms with Gasteiger partial charge in [0.15, 0.2) is 0 Å². The molecular formula is C21H25N3O2. The van der Waals surface area contributed by atoms with Crippen molar-refractivity contribution in [3.05, 3.63) is 48.2 Å². The van der Waals surface area contributed by atoms with E-state index in [9.17, 15) is 4.79 Å². The Bertz CT molecular complexity index is 909. The molecule has 3 aromatic rings. The zero-order valence-corrected chi connectivity index (χ0v) is 15.7. The minimum atomic E-state index is -0.00489. The average Bonchev–Trinajstić information content (AvgIpc) is 3.00. The fraction of sp³-hybridized carbons (Fsp3) is 0.333. The minimum absolute atomic E-state index is 0.00489. The number of ether oxygens (including phenoxy) is 1. The van der Waals surface area contributed by atoms with Crippen LogP contribution in [0.15, 0.2) is 42.6 Å². The molecule has 0 aliphatic heterocycles. The lowest BCUT2D eigenvalue weighted by atomic mass is 10.0. The number of hydrogen-bond acceptors (Lipinski definition) is 3. The van der Waals surface area contributed by atoms with Gasteiger partial charge in [-0.25, -0.2) is 4.98 Å². The van der Waals surface area contributed by atoms with Gasteiger partial charge in [0.2, 0.25) is 5.91 Å². The number of aryl methyl sites for hydroxylation is 1. The molecule has 26 heavy (non-hydrogen) atoms. The summed E-state index contributed by atoms with van der Waals surface area (Å²) in [5.41, 5.74) is 3.64. The second kappa shape index (κ2) is 7.60. The lowest BCUT2D eigenvalue weighted by Gasteiger charge is -2.14. The third-order valence-corrected chi connectivity index (χ3v) is 4.74. The molecule has 5 nitrogen and oxygen atoms in total. The van der Waals surface area contributed by atoms with E-state index >= 15 is 0 Å². The van der Waals surface area contributed by atoms with Gasteiger partial charge in [0.1, 0.15) is 22.9 Å². The van der Waals surface area contributed by atoms with Gasteiger partial charge >= 0.3 is 0 Å². The standard InChI is InChI=1S/C21H25N3O2/c1-5-15(6-2)21(25)23-20-19(16-7-9-17(26-4)10-8-16)22-18-13-14(3)11-12-24(18)20/h7-13,15H,5-6H2,1-4H3,(H,23,25). The maximum atomic E-state index is 12.7. The van der Waals surface area contributed by atoms with Crippen molar-refractivity contribution in [1.82, 2.24) is 9.38 Å². The highest BCUT2D eigenvalue weighted by atomic mass is 16.5. The van der Waals surface area contributed by atoms with Crippen molar-refractivity contribution in [2.24, 2.45) is 5.92 Å². The van der Waals surface area contributed by atoms with E-state index < -0.39 is 0 Å². The van der Waals surface area contributed by atoms with Crippen molar-refractivity contribution in [2.75, 3.05) is 12.4 Å². The highest BCUT2D eigenvalue weighted by Gasteiger charge is 2.20. The molecule has 136 valence electrons. The number of benzene rings is 1. The second-order valence-corrected chi connectivity index (χ2v) is 6.47. The van der Waals surface area contributed by atoms with E-state index in [-0.39, 0.29) is 11.8 Å². The number of nitrogens with zero attached hydrogens (tertiary/aromatic N) is 2. The number of carbonyl (C=O) groups is 1. The number of rotatable bonds is 6. The minimum Gasteiger partial charge on any atom is -0.497 e. The summed E-state index contributed by atoms with van der Waals surface area (Å²) in [6.45, 7) is 6.11. The smallest absolute Gasteiger partial charge is 0.228 e. The average molecular weight is 351 g/mol. The number of fused-ring (bicyclic) bond motifs is 1. The number of hydrogen-bond donors (Lipinski definition) is 1. The Morgan fingerprint density at radius 1 is 1.19 bits per heavy atom. The van der Waals surface area contributed by atoms with Crippen molar-refractivity contribution >= 4 is 17.4 Å². The molecule has 1 N–H and O–H groups in total. The first-order chi connectivity index (χ1) is 12.6. The van der Waals surface area contributed by atoms with Crippen LogP contribution < -0.4 is 10.1 Å². The maximum absolute atomic E-state index is 12.7. The SMILES string of the molecule is CCC(CC)C(=O)Nc1c(-c2ccc(OC)cc2)nc2cc(C)ccn12. The number of imidazole rings is 1. The highest BCUT2D eigenvalue weighted by Crippen LogP contribution is 2.31. The molecule has 1 aromatic carbocycles. The number of nitrogens with one attached hydrogen (secondary N) is 1. The van der Waals surface area contributed by atoms with Gasteiger partial charge in [0, 0.05) is 17.7 Å². The summed E-state index contributed by atoms with van der Waals surface area (Å²) < 4.78 is 7.18. The zero-order chi connectivity index (χ0) is 18.7. The molecule has 3 rings (SSSR count). The number of amides is 1. The fourth-order valence-corrected chi connectivity index (χ4v) is 3.09. The van der Waals surface area contributed by atoms with Crippen LogP contribution in [0.3, 0.4) is 0 Å².